The first kappa shape index (κ1) is 24.5. The molecular weight excluding hydrogens is 466 g/mol. The van der Waals surface area contributed by atoms with Crippen LogP contribution in [0.4, 0.5) is 17.2 Å². The molecule has 1 aliphatic heterocycles. The SMILES string of the molecule is CC(C)(C)C(=O)N(CC(=O)Nc1ccc2c(c1)CC1(C2)C(=O)Nc2ncccc21)Cc1ccccc1N. The average Bonchev–Trinajstić information content (AvgIpc) is 3.36. The number of rotatable bonds is 5. The van der Waals surface area contributed by atoms with Crippen LogP contribution < -0.4 is 16.4 Å². The van der Waals surface area contributed by atoms with Crippen LogP contribution in [0, 0.1) is 5.41 Å². The molecule has 8 nitrogen and oxygen atoms in total. The number of benzene rings is 2. The monoisotopic (exact) mass is 497 g/mol. The molecule has 1 atom stereocenters. The molecule has 0 saturated carbocycles. The number of pyridine rings is 1. The van der Waals surface area contributed by atoms with Gasteiger partial charge in [-0.1, -0.05) is 51.1 Å². The summed E-state index contributed by atoms with van der Waals surface area (Å²) in [6.07, 6.45) is 2.81. The summed E-state index contributed by atoms with van der Waals surface area (Å²) in [4.78, 5) is 45.1. The van der Waals surface area contributed by atoms with Gasteiger partial charge in [0.25, 0.3) is 0 Å². The van der Waals surface area contributed by atoms with Crippen LogP contribution >= 0.6 is 0 Å². The molecule has 0 radical (unpaired) electrons. The maximum absolute atomic E-state index is 13.2. The highest BCUT2D eigenvalue weighted by Gasteiger charge is 2.51. The lowest BCUT2D eigenvalue weighted by molar-refractivity contribution is -0.142. The van der Waals surface area contributed by atoms with Crippen molar-refractivity contribution in [1.29, 1.82) is 0 Å². The molecule has 2 heterocycles. The lowest BCUT2D eigenvalue weighted by Gasteiger charge is -2.29. The second-order valence-corrected chi connectivity index (χ2v) is 10.9. The second kappa shape index (κ2) is 9.03. The molecule has 1 unspecified atom stereocenters. The van der Waals surface area contributed by atoms with Crippen molar-refractivity contribution in [2.45, 2.75) is 45.6 Å². The molecule has 2 aromatic carbocycles. The lowest BCUT2D eigenvalue weighted by Crippen LogP contribution is -2.43. The number of hydrogen-bond donors (Lipinski definition) is 3. The van der Waals surface area contributed by atoms with Crippen molar-refractivity contribution in [1.82, 2.24) is 9.88 Å². The van der Waals surface area contributed by atoms with E-state index in [1.807, 2.05) is 69.3 Å². The summed E-state index contributed by atoms with van der Waals surface area (Å²) in [6, 6.07) is 16.9. The Morgan fingerprint density at radius 3 is 2.59 bits per heavy atom. The van der Waals surface area contributed by atoms with Crippen molar-refractivity contribution in [3.05, 3.63) is 83.0 Å². The van der Waals surface area contributed by atoms with E-state index in [9.17, 15) is 14.4 Å². The Labute approximate surface area is 216 Å². The van der Waals surface area contributed by atoms with Crippen LogP contribution in [0.5, 0.6) is 0 Å². The van der Waals surface area contributed by atoms with Gasteiger partial charge in [-0.15, -0.1) is 0 Å². The van der Waals surface area contributed by atoms with E-state index in [4.69, 9.17) is 5.73 Å². The number of nitrogen functional groups attached to an aromatic ring is 1. The molecular formula is C29H31N5O3. The van der Waals surface area contributed by atoms with Crippen LogP contribution in [-0.2, 0) is 39.2 Å². The Morgan fingerprint density at radius 2 is 1.84 bits per heavy atom. The van der Waals surface area contributed by atoms with Crippen molar-refractivity contribution in [2.75, 3.05) is 22.9 Å². The maximum Gasteiger partial charge on any atom is 0.244 e. The molecule has 2 aliphatic rings. The molecule has 0 fully saturated rings. The number of carbonyl (C=O) groups excluding carboxylic acids is 3. The normalized spacial score (nSPS) is 17.8. The van der Waals surface area contributed by atoms with Crippen LogP contribution in [-0.4, -0.2) is 34.2 Å². The van der Waals surface area contributed by atoms with E-state index in [-0.39, 0.29) is 30.8 Å². The first-order valence-corrected chi connectivity index (χ1v) is 12.4. The van der Waals surface area contributed by atoms with E-state index in [0.717, 1.165) is 22.3 Å². The van der Waals surface area contributed by atoms with Gasteiger partial charge in [0, 0.05) is 35.1 Å². The van der Waals surface area contributed by atoms with Crippen molar-refractivity contribution < 1.29 is 14.4 Å². The lowest BCUT2D eigenvalue weighted by atomic mass is 9.79. The van der Waals surface area contributed by atoms with Crippen molar-refractivity contribution in [3.63, 3.8) is 0 Å². The van der Waals surface area contributed by atoms with Gasteiger partial charge in [-0.3, -0.25) is 14.4 Å². The van der Waals surface area contributed by atoms with Gasteiger partial charge in [0.2, 0.25) is 17.7 Å². The molecule has 190 valence electrons. The summed E-state index contributed by atoms with van der Waals surface area (Å²) >= 11 is 0. The number of hydrogen-bond acceptors (Lipinski definition) is 5. The highest BCUT2D eigenvalue weighted by Crippen LogP contribution is 2.46. The van der Waals surface area contributed by atoms with Crippen LogP contribution in [0.3, 0.4) is 0 Å². The standard InChI is InChI=1S/C29H31N5O3/c1-28(2,3)27(37)34(16-19-7-4-5-9-23(19)30)17-24(35)32-21-11-10-18-14-29(15-20(18)13-21)22-8-6-12-31-25(22)33-26(29)36/h4-13H,14-17,30H2,1-3H3,(H,32,35)(H,31,33,36). The molecule has 1 aliphatic carbocycles. The molecule has 3 aromatic rings. The minimum absolute atomic E-state index is 0.0421. The number of amides is 3. The number of nitrogens with zero attached hydrogens (tertiary/aromatic N) is 2. The fraction of sp³-hybridized carbons (Fsp3) is 0.310. The summed E-state index contributed by atoms with van der Waals surface area (Å²) in [7, 11) is 0. The first-order chi connectivity index (χ1) is 17.6. The van der Waals surface area contributed by atoms with Gasteiger partial charge in [0.15, 0.2) is 0 Å². The van der Waals surface area contributed by atoms with E-state index in [1.165, 1.54) is 4.90 Å². The van der Waals surface area contributed by atoms with Gasteiger partial charge in [0.1, 0.15) is 12.4 Å². The van der Waals surface area contributed by atoms with E-state index in [2.05, 4.69) is 15.6 Å². The smallest absolute Gasteiger partial charge is 0.244 e. The summed E-state index contributed by atoms with van der Waals surface area (Å²) in [5, 5.41) is 5.86. The summed E-state index contributed by atoms with van der Waals surface area (Å²) < 4.78 is 0. The Kier molecular flexibility index (Phi) is 5.98. The Hall–Kier alpha value is -4.20. The van der Waals surface area contributed by atoms with Gasteiger partial charge in [-0.2, -0.15) is 0 Å². The Bertz CT molecular complexity index is 1410. The zero-order valence-electron chi connectivity index (χ0n) is 21.3. The summed E-state index contributed by atoms with van der Waals surface area (Å²) in [5.41, 5.74) is 9.80. The van der Waals surface area contributed by atoms with Crippen molar-refractivity contribution in [2.24, 2.45) is 5.41 Å². The van der Waals surface area contributed by atoms with E-state index in [0.29, 0.717) is 30.0 Å². The van der Waals surface area contributed by atoms with Gasteiger partial charge in [0.05, 0.1) is 5.41 Å². The van der Waals surface area contributed by atoms with E-state index in [1.54, 1.807) is 12.3 Å². The first-order valence-electron chi connectivity index (χ1n) is 12.4. The molecule has 5 rings (SSSR count). The van der Waals surface area contributed by atoms with E-state index < -0.39 is 10.8 Å². The maximum atomic E-state index is 13.2. The second-order valence-electron chi connectivity index (χ2n) is 10.9. The Balaban J connectivity index is 1.32. The van der Waals surface area contributed by atoms with Crippen molar-refractivity contribution >= 4 is 34.9 Å². The number of carbonyl (C=O) groups is 3. The van der Waals surface area contributed by atoms with Gasteiger partial charge in [-0.05, 0) is 53.8 Å². The zero-order valence-corrected chi connectivity index (χ0v) is 21.3. The number of para-hydroxylation sites is 1. The number of anilines is 3. The van der Waals surface area contributed by atoms with Crippen molar-refractivity contribution in [3.8, 4) is 0 Å². The average molecular weight is 498 g/mol. The number of fused-ring (bicyclic) bond motifs is 3. The molecule has 3 amide bonds. The van der Waals surface area contributed by atoms with Crippen LogP contribution in [0.2, 0.25) is 0 Å². The molecule has 4 N–H and O–H groups in total. The minimum atomic E-state index is -0.667. The molecule has 1 spiro atoms. The largest absolute Gasteiger partial charge is 0.398 e. The molecule has 1 aromatic heterocycles. The molecule has 0 bridgehead atoms. The predicted octanol–water partition coefficient (Wildman–Crippen LogP) is 3.67. The highest BCUT2D eigenvalue weighted by atomic mass is 16.2. The van der Waals surface area contributed by atoms with Crippen LogP contribution in [0.15, 0.2) is 60.8 Å². The fourth-order valence-electron chi connectivity index (χ4n) is 5.28. The Morgan fingerprint density at radius 1 is 1.08 bits per heavy atom. The van der Waals surface area contributed by atoms with Gasteiger partial charge >= 0.3 is 0 Å². The molecule has 37 heavy (non-hydrogen) atoms. The number of aromatic nitrogens is 1. The quantitative estimate of drug-likeness (QED) is 0.465. The number of nitrogens with one attached hydrogen (secondary N) is 2. The minimum Gasteiger partial charge on any atom is -0.398 e. The predicted molar refractivity (Wildman–Crippen MR) is 143 cm³/mol. The third-order valence-electron chi connectivity index (χ3n) is 7.14. The summed E-state index contributed by atoms with van der Waals surface area (Å²) in [6.45, 7) is 5.63. The molecule has 0 saturated heterocycles. The zero-order chi connectivity index (χ0) is 26.4. The summed E-state index contributed by atoms with van der Waals surface area (Å²) in [5.74, 6) is 0.144. The van der Waals surface area contributed by atoms with Gasteiger partial charge in [-0.25, -0.2) is 4.98 Å². The third kappa shape index (κ3) is 4.55. The molecule has 8 heteroatoms. The van der Waals surface area contributed by atoms with Crippen LogP contribution in [0.25, 0.3) is 0 Å². The highest BCUT2D eigenvalue weighted by molar-refractivity contribution is 6.06. The van der Waals surface area contributed by atoms with Gasteiger partial charge < -0.3 is 21.3 Å². The van der Waals surface area contributed by atoms with Crippen LogP contribution in [0.1, 0.15) is 43.0 Å². The third-order valence-corrected chi connectivity index (χ3v) is 7.14. The van der Waals surface area contributed by atoms with E-state index >= 15 is 0 Å². The fourth-order valence-corrected chi connectivity index (χ4v) is 5.28. The topological polar surface area (TPSA) is 117 Å². The number of nitrogens with two attached hydrogens (primary N) is 1.